The lowest BCUT2D eigenvalue weighted by Gasteiger charge is -2.04. The highest BCUT2D eigenvalue weighted by atomic mass is 35.5. The molecule has 0 radical (unpaired) electrons. The van der Waals surface area contributed by atoms with Gasteiger partial charge in [-0.3, -0.25) is 14.5 Å². The average molecular weight is 383 g/mol. The Morgan fingerprint density at radius 3 is 2.96 bits per heavy atom. The summed E-state index contributed by atoms with van der Waals surface area (Å²) >= 11 is 7.47. The molecule has 26 heavy (non-hydrogen) atoms. The highest BCUT2D eigenvalue weighted by Gasteiger charge is 2.14. The molecule has 1 aromatic carbocycles. The first-order chi connectivity index (χ1) is 12.6. The van der Waals surface area contributed by atoms with Gasteiger partial charge in [0.2, 0.25) is 0 Å². The smallest absolute Gasteiger partial charge is 0.276 e. The summed E-state index contributed by atoms with van der Waals surface area (Å²) in [6.45, 7) is 2.04. The summed E-state index contributed by atoms with van der Waals surface area (Å²) in [4.78, 5) is 22.2. The molecule has 0 bridgehead atoms. The van der Waals surface area contributed by atoms with Crippen molar-refractivity contribution in [2.75, 3.05) is 5.32 Å². The zero-order chi connectivity index (χ0) is 18.1. The van der Waals surface area contributed by atoms with Gasteiger partial charge in [0.05, 0.1) is 6.20 Å². The molecule has 0 fully saturated rings. The molecule has 3 heterocycles. The van der Waals surface area contributed by atoms with E-state index in [4.69, 9.17) is 11.6 Å². The van der Waals surface area contributed by atoms with Crippen LogP contribution in [0.5, 0.6) is 0 Å². The summed E-state index contributed by atoms with van der Waals surface area (Å²) in [6, 6.07) is 11.5. The van der Waals surface area contributed by atoms with Gasteiger partial charge in [-0.1, -0.05) is 23.7 Å². The van der Waals surface area contributed by atoms with Crippen LogP contribution in [-0.2, 0) is 6.42 Å². The van der Waals surface area contributed by atoms with Gasteiger partial charge in [-0.15, -0.1) is 11.3 Å². The number of imidazole rings is 1. The number of hydrogen-bond donors (Lipinski definition) is 1. The number of anilines is 1. The highest BCUT2D eigenvalue weighted by molar-refractivity contribution is 7.15. The van der Waals surface area contributed by atoms with Crippen molar-refractivity contribution in [3.8, 4) is 0 Å². The van der Waals surface area contributed by atoms with Crippen LogP contribution >= 0.6 is 22.9 Å². The Labute approximate surface area is 159 Å². The highest BCUT2D eigenvalue weighted by Crippen LogP contribution is 2.24. The number of pyridine rings is 1. The van der Waals surface area contributed by atoms with Gasteiger partial charge in [0, 0.05) is 28.7 Å². The van der Waals surface area contributed by atoms with Crippen LogP contribution in [0.4, 0.5) is 5.13 Å². The number of amides is 1. The summed E-state index contributed by atoms with van der Waals surface area (Å²) in [5.41, 5.74) is 3.54. The van der Waals surface area contributed by atoms with Crippen LogP contribution in [0, 0.1) is 6.92 Å². The summed E-state index contributed by atoms with van der Waals surface area (Å²) < 4.78 is 1.75. The monoisotopic (exact) mass is 382 g/mol. The van der Waals surface area contributed by atoms with E-state index in [0.717, 1.165) is 27.5 Å². The summed E-state index contributed by atoms with van der Waals surface area (Å²) in [6.07, 6.45) is 5.93. The molecule has 0 aliphatic carbocycles. The molecule has 130 valence electrons. The first kappa shape index (κ1) is 16.8. The van der Waals surface area contributed by atoms with Crippen molar-refractivity contribution < 1.29 is 4.79 Å². The second kappa shape index (κ2) is 6.90. The fourth-order valence-electron chi connectivity index (χ4n) is 2.75. The van der Waals surface area contributed by atoms with Crippen molar-refractivity contribution in [2.24, 2.45) is 0 Å². The van der Waals surface area contributed by atoms with Crippen LogP contribution in [0.25, 0.3) is 5.65 Å². The molecule has 7 heteroatoms. The van der Waals surface area contributed by atoms with Crippen molar-refractivity contribution >= 4 is 39.6 Å². The number of aryl methyl sites for hydroxylation is 1. The van der Waals surface area contributed by atoms with Crippen LogP contribution in [-0.4, -0.2) is 20.3 Å². The summed E-state index contributed by atoms with van der Waals surface area (Å²) in [7, 11) is 0. The number of nitrogens with zero attached hydrogens (tertiary/aromatic N) is 3. The van der Waals surface area contributed by atoms with Gasteiger partial charge in [0.1, 0.15) is 11.3 Å². The molecular weight excluding hydrogens is 368 g/mol. The van der Waals surface area contributed by atoms with Gasteiger partial charge >= 0.3 is 0 Å². The fraction of sp³-hybridized carbons (Fsp3) is 0.105. The molecule has 0 unspecified atom stereocenters. The van der Waals surface area contributed by atoms with Crippen LogP contribution in [0.15, 0.2) is 55.0 Å². The number of fused-ring (bicyclic) bond motifs is 1. The van der Waals surface area contributed by atoms with Gasteiger partial charge in [-0.05, 0) is 42.3 Å². The second-order valence-corrected chi connectivity index (χ2v) is 7.46. The molecule has 1 N–H and O–H groups in total. The lowest BCUT2D eigenvalue weighted by Crippen LogP contribution is -2.13. The topological polar surface area (TPSA) is 59.3 Å². The molecule has 0 spiro atoms. The molecule has 5 nitrogen and oxygen atoms in total. The molecule has 0 saturated heterocycles. The third-order valence-corrected chi connectivity index (χ3v) is 5.24. The average Bonchev–Trinajstić information content (AvgIpc) is 3.24. The zero-order valence-electron chi connectivity index (χ0n) is 13.9. The number of hydrogen-bond acceptors (Lipinski definition) is 4. The summed E-state index contributed by atoms with van der Waals surface area (Å²) in [5.74, 6) is -0.229. The van der Waals surface area contributed by atoms with Gasteiger partial charge in [-0.2, -0.15) is 0 Å². The van der Waals surface area contributed by atoms with E-state index in [1.165, 1.54) is 16.9 Å². The Morgan fingerprint density at radius 2 is 2.12 bits per heavy atom. The Morgan fingerprint density at radius 1 is 1.23 bits per heavy atom. The first-order valence-electron chi connectivity index (χ1n) is 8.03. The van der Waals surface area contributed by atoms with E-state index in [2.05, 4.69) is 15.3 Å². The summed E-state index contributed by atoms with van der Waals surface area (Å²) in [5, 5.41) is 4.16. The number of carbonyl (C=O) groups excluding carboxylic acids is 1. The number of nitrogens with one attached hydrogen (secondary N) is 1. The molecule has 3 aromatic heterocycles. The minimum atomic E-state index is -0.229. The minimum absolute atomic E-state index is 0.229. The van der Waals surface area contributed by atoms with E-state index >= 15 is 0 Å². The maximum absolute atomic E-state index is 12.5. The van der Waals surface area contributed by atoms with Crippen molar-refractivity contribution in [3.63, 3.8) is 0 Å². The Bertz CT molecular complexity index is 1100. The number of halogens is 1. The van der Waals surface area contributed by atoms with Crippen molar-refractivity contribution in [3.05, 3.63) is 81.7 Å². The van der Waals surface area contributed by atoms with Gasteiger partial charge in [0.15, 0.2) is 5.13 Å². The SMILES string of the molecule is Cc1cc(Cl)ccc1Cc1cnc(NC(=O)c2cnc3ccccn23)s1. The van der Waals surface area contributed by atoms with Crippen molar-refractivity contribution in [2.45, 2.75) is 13.3 Å². The number of thiazole rings is 1. The third-order valence-electron chi connectivity index (χ3n) is 4.09. The van der Waals surface area contributed by atoms with Gasteiger partial charge in [-0.25, -0.2) is 9.97 Å². The largest absolute Gasteiger partial charge is 0.296 e. The molecule has 0 aliphatic heterocycles. The Hall–Kier alpha value is -2.70. The second-order valence-electron chi connectivity index (χ2n) is 5.91. The van der Waals surface area contributed by atoms with E-state index in [1.807, 2.05) is 49.5 Å². The van der Waals surface area contributed by atoms with Crippen LogP contribution in [0.1, 0.15) is 26.5 Å². The maximum Gasteiger partial charge on any atom is 0.276 e. The number of benzene rings is 1. The molecule has 4 rings (SSSR count). The standard InChI is InChI=1S/C19H15ClN4OS/c1-12-8-14(20)6-5-13(12)9-15-10-22-19(26-15)23-18(25)16-11-21-17-4-2-3-7-24(16)17/h2-8,10-11H,9H2,1H3,(H,22,23,25). The molecule has 1 amide bonds. The number of aromatic nitrogens is 3. The molecular formula is C19H15ClN4OS. The molecule has 0 aliphatic rings. The Kier molecular flexibility index (Phi) is 4.44. The van der Waals surface area contributed by atoms with E-state index in [-0.39, 0.29) is 5.91 Å². The molecule has 0 saturated carbocycles. The Balaban J connectivity index is 1.50. The van der Waals surface area contributed by atoms with Gasteiger partial charge in [0.25, 0.3) is 5.91 Å². The van der Waals surface area contributed by atoms with E-state index in [0.29, 0.717) is 10.8 Å². The lowest BCUT2D eigenvalue weighted by atomic mass is 10.1. The van der Waals surface area contributed by atoms with Crippen molar-refractivity contribution in [1.29, 1.82) is 0 Å². The third kappa shape index (κ3) is 3.34. The zero-order valence-corrected chi connectivity index (χ0v) is 15.5. The predicted molar refractivity (Wildman–Crippen MR) is 104 cm³/mol. The van der Waals surface area contributed by atoms with E-state index in [9.17, 15) is 4.79 Å². The van der Waals surface area contributed by atoms with E-state index < -0.39 is 0 Å². The van der Waals surface area contributed by atoms with Crippen LogP contribution < -0.4 is 5.32 Å². The number of rotatable bonds is 4. The first-order valence-corrected chi connectivity index (χ1v) is 9.23. The fourth-order valence-corrected chi connectivity index (χ4v) is 3.81. The van der Waals surface area contributed by atoms with Gasteiger partial charge < -0.3 is 0 Å². The number of carbonyl (C=O) groups is 1. The maximum atomic E-state index is 12.5. The van der Waals surface area contributed by atoms with Crippen molar-refractivity contribution in [1.82, 2.24) is 14.4 Å². The van der Waals surface area contributed by atoms with Crippen LogP contribution in [0.3, 0.4) is 0 Å². The predicted octanol–water partition coefficient (Wildman–Crippen LogP) is 4.60. The van der Waals surface area contributed by atoms with E-state index in [1.54, 1.807) is 16.8 Å². The molecule has 0 atom stereocenters. The normalized spacial score (nSPS) is 11.0. The molecule has 4 aromatic rings. The minimum Gasteiger partial charge on any atom is -0.296 e. The quantitative estimate of drug-likeness (QED) is 0.561. The van der Waals surface area contributed by atoms with Crippen LogP contribution in [0.2, 0.25) is 5.02 Å². The lowest BCUT2D eigenvalue weighted by molar-refractivity contribution is 0.102.